The summed E-state index contributed by atoms with van der Waals surface area (Å²) in [5, 5.41) is 4.85. The van der Waals surface area contributed by atoms with Gasteiger partial charge in [-0.25, -0.2) is 0 Å². The maximum absolute atomic E-state index is 12.6. The van der Waals surface area contributed by atoms with E-state index in [1.165, 1.54) is 0 Å². The van der Waals surface area contributed by atoms with Crippen LogP contribution in [0.25, 0.3) is 10.9 Å². The van der Waals surface area contributed by atoms with Crippen molar-refractivity contribution in [1.82, 2.24) is 20.1 Å². The summed E-state index contributed by atoms with van der Waals surface area (Å²) >= 11 is 5.56. The highest BCUT2D eigenvalue weighted by Gasteiger charge is 2.16. The van der Waals surface area contributed by atoms with E-state index in [1.54, 1.807) is 7.11 Å². The number of morpholine rings is 1. The van der Waals surface area contributed by atoms with E-state index in [9.17, 15) is 4.79 Å². The Balaban J connectivity index is 1.77. The molecule has 0 atom stereocenters. The zero-order chi connectivity index (χ0) is 19.9. The minimum absolute atomic E-state index is 0.101. The number of aromatic amines is 1. The molecule has 1 aliphatic heterocycles. The van der Waals surface area contributed by atoms with Gasteiger partial charge >= 0.3 is 0 Å². The third-order valence-corrected chi connectivity index (χ3v) is 5.30. The van der Waals surface area contributed by atoms with Crippen molar-refractivity contribution in [3.05, 3.63) is 40.2 Å². The number of nitrogens with one attached hydrogen (secondary N) is 2. The third-order valence-electron chi connectivity index (χ3n) is 4.90. The van der Waals surface area contributed by atoms with Crippen LogP contribution in [0.2, 0.25) is 0 Å². The van der Waals surface area contributed by atoms with Crippen molar-refractivity contribution in [1.29, 1.82) is 0 Å². The fraction of sp³-hybridized carbons (Fsp3) is 0.500. The molecule has 1 aromatic heterocycles. The van der Waals surface area contributed by atoms with Crippen LogP contribution in [0.5, 0.6) is 5.75 Å². The lowest BCUT2D eigenvalue weighted by molar-refractivity contribution is 0.0357. The Morgan fingerprint density at radius 1 is 1.36 bits per heavy atom. The van der Waals surface area contributed by atoms with Crippen LogP contribution in [0.3, 0.4) is 0 Å². The first-order valence-electron chi connectivity index (χ1n) is 9.63. The van der Waals surface area contributed by atoms with Crippen LogP contribution in [-0.2, 0) is 11.3 Å². The van der Waals surface area contributed by atoms with E-state index >= 15 is 0 Å². The Hall–Kier alpha value is -2.16. The third kappa shape index (κ3) is 5.21. The normalized spacial score (nSPS) is 14.8. The molecule has 0 aliphatic carbocycles. The number of hydrogen-bond donors (Lipinski definition) is 2. The van der Waals surface area contributed by atoms with Crippen molar-refractivity contribution in [2.45, 2.75) is 13.5 Å². The molecule has 0 amide bonds. The highest BCUT2D eigenvalue weighted by atomic mass is 32.1. The molecule has 8 heteroatoms. The molecule has 1 saturated heterocycles. The predicted molar refractivity (Wildman–Crippen MR) is 115 cm³/mol. The summed E-state index contributed by atoms with van der Waals surface area (Å²) in [4.78, 5) is 20.0. The highest BCUT2D eigenvalue weighted by Crippen LogP contribution is 2.19. The second-order valence-electron chi connectivity index (χ2n) is 6.79. The van der Waals surface area contributed by atoms with Crippen molar-refractivity contribution < 1.29 is 9.47 Å². The van der Waals surface area contributed by atoms with E-state index in [0.717, 1.165) is 62.6 Å². The van der Waals surface area contributed by atoms with Crippen molar-refractivity contribution in [3.63, 3.8) is 0 Å². The SMILES string of the molecule is CCNC(=S)N(CCN1CCOCC1)Cc1cc2ccc(OC)cc2[nH]c1=O. The molecule has 2 aromatic rings. The second kappa shape index (κ2) is 9.86. The number of nitrogens with zero attached hydrogens (tertiary/aromatic N) is 2. The number of H-pyrrole nitrogens is 1. The van der Waals surface area contributed by atoms with E-state index in [2.05, 4.69) is 20.1 Å². The minimum atomic E-state index is -0.101. The molecular formula is C20H28N4O3S. The molecule has 0 unspecified atom stereocenters. The molecule has 0 saturated carbocycles. The Kier molecular flexibility index (Phi) is 7.24. The fourth-order valence-electron chi connectivity index (χ4n) is 3.28. The maximum Gasteiger partial charge on any atom is 0.253 e. The summed E-state index contributed by atoms with van der Waals surface area (Å²) in [5.74, 6) is 0.719. The standard InChI is InChI=1S/C20H28N4O3S/c1-3-21-20(28)24(7-6-23-8-10-27-11-9-23)14-16-12-15-4-5-17(26-2)13-18(15)22-19(16)25/h4-5,12-13H,3,6-11,14H2,1-2H3,(H,21,28)(H,22,25). The summed E-state index contributed by atoms with van der Waals surface area (Å²) in [6, 6.07) is 7.61. The lowest BCUT2D eigenvalue weighted by Gasteiger charge is -2.31. The van der Waals surface area contributed by atoms with Gasteiger partial charge in [0, 0.05) is 44.4 Å². The molecule has 7 nitrogen and oxygen atoms in total. The summed E-state index contributed by atoms with van der Waals surface area (Å²) in [7, 11) is 1.61. The Morgan fingerprint density at radius 3 is 2.86 bits per heavy atom. The molecule has 1 fully saturated rings. The van der Waals surface area contributed by atoms with Gasteiger partial charge in [0.25, 0.3) is 5.56 Å². The average molecular weight is 405 g/mol. The lowest BCUT2D eigenvalue weighted by atomic mass is 10.1. The van der Waals surface area contributed by atoms with Gasteiger partial charge in [-0.05, 0) is 42.7 Å². The molecule has 2 heterocycles. The lowest BCUT2D eigenvalue weighted by Crippen LogP contribution is -2.46. The molecule has 0 bridgehead atoms. The first-order valence-corrected chi connectivity index (χ1v) is 10.0. The van der Waals surface area contributed by atoms with Gasteiger partial charge in [0.15, 0.2) is 5.11 Å². The van der Waals surface area contributed by atoms with Crippen molar-refractivity contribution in [2.75, 3.05) is 53.0 Å². The number of aromatic nitrogens is 1. The van der Waals surface area contributed by atoms with E-state index < -0.39 is 0 Å². The highest BCUT2D eigenvalue weighted by molar-refractivity contribution is 7.80. The van der Waals surface area contributed by atoms with Crippen molar-refractivity contribution >= 4 is 28.2 Å². The Labute approximate surface area is 170 Å². The van der Waals surface area contributed by atoms with Gasteiger partial charge in [-0.15, -0.1) is 0 Å². The van der Waals surface area contributed by atoms with E-state index in [0.29, 0.717) is 17.2 Å². The monoisotopic (exact) mass is 404 g/mol. The number of hydrogen-bond acceptors (Lipinski definition) is 5. The number of benzene rings is 1. The fourth-order valence-corrected chi connectivity index (χ4v) is 3.58. The Morgan fingerprint density at radius 2 is 2.14 bits per heavy atom. The first kappa shape index (κ1) is 20.6. The maximum atomic E-state index is 12.6. The topological polar surface area (TPSA) is 69.8 Å². The van der Waals surface area contributed by atoms with Gasteiger partial charge in [0.05, 0.1) is 32.4 Å². The minimum Gasteiger partial charge on any atom is -0.497 e. The molecular weight excluding hydrogens is 376 g/mol. The van der Waals surface area contributed by atoms with Crippen LogP contribution in [0.15, 0.2) is 29.1 Å². The zero-order valence-corrected chi connectivity index (χ0v) is 17.3. The number of pyridine rings is 1. The summed E-state index contributed by atoms with van der Waals surface area (Å²) in [6.45, 7) is 8.28. The van der Waals surface area contributed by atoms with E-state index in [4.69, 9.17) is 21.7 Å². The first-order chi connectivity index (χ1) is 13.6. The number of thiocarbonyl (C=S) groups is 1. The molecule has 28 heavy (non-hydrogen) atoms. The summed E-state index contributed by atoms with van der Waals surface area (Å²) < 4.78 is 10.6. The average Bonchev–Trinajstić information content (AvgIpc) is 2.71. The second-order valence-corrected chi connectivity index (χ2v) is 7.17. The number of rotatable bonds is 7. The smallest absolute Gasteiger partial charge is 0.253 e. The van der Waals surface area contributed by atoms with Crippen molar-refractivity contribution in [3.8, 4) is 5.75 Å². The quantitative estimate of drug-likeness (QED) is 0.679. The summed E-state index contributed by atoms with van der Waals surface area (Å²) in [6.07, 6.45) is 0. The predicted octanol–water partition coefficient (Wildman–Crippen LogP) is 1.57. The molecule has 1 aliphatic rings. The van der Waals surface area contributed by atoms with E-state index in [1.807, 2.05) is 31.2 Å². The zero-order valence-electron chi connectivity index (χ0n) is 16.5. The van der Waals surface area contributed by atoms with Crippen LogP contribution in [-0.4, -0.2) is 72.9 Å². The molecule has 152 valence electrons. The van der Waals surface area contributed by atoms with Crippen LogP contribution in [0.4, 0.5) is 0 Å². The van der Waals surface area contributed by atoms with Gasteiger partial charge in [-0.2, -0.15) is 0 Å². The molecule has 2 N–H and O–H groups in total. The van der Waals surface area contributed by atoms with Crippen LogP contribution < -0.4 is 15.6 Å². The van der Waals surface area contributed by atoms with Crippen LogP contribution in [0.1, 0.15) is 12.5 Å². The van der Waals surface area contributed by atoms with Crippen LogP contribution in [0, 0.1) is 0 Å². The number of fused-ring (bicyclic) bond motifs is 1. The van der Waals surface area contributed by atoms with Gasteiger partial charge in [-0.1, -0.05) is 0 Å². The van der Waals surface area contributed by atoms with Gasteiger partial charge < -0.3 is 24.7 Å². The number of methoxy groups -OCH3 is 1. The Bertz CT molecular complexity index is 864. The van der Waals surface area contributed by atoms with E-state index in [-0.39, 0.29) is 5.56 Å². The van der Waals surface area contributed by atoms with Gasteiger partial charge in [0.2, 0.25) is 0 Å². The largest absolute Gasteiger partial charge is 0.497 e. The molecule has 0 radical (unpaired) electrons. The van der Waals surface area contributed by atoms with Crippen LogP contribution >= 0.6 is 12.2 Å². The van der Waals surface area contributed by atoms with Gasteiger partial charge in [0.1, 0.15) is 5.75 Å². The molecule has 3 rings (SSSR count). The molecule has 0 spiro atoms. The number of ether oxygens (including phenoxy) is 2. The van der Waals surface area contributed by atoms with Gasteiger partial charge in [-0.3, -0.25) is 9.69 Å². The van der Waals surface area contributed by atoms with Crippen molar-refractivity contribution in [2.24, 2.45) is 0 Å². The molecule has 1 aromatic carbocycles. The summed E-state index contributed by atoms with van der Waals surface area (Å²) in [5.41, 5.74) is 1.36.